The van der Waals surface area contributed by atoms with Crippen LogP contribution < -0.4 is 4.74 Å². The minimum atomic E-state index is 0.612. The number of nitrogens with one attached hydrogen (secondary N) is 1. The van der Waals surface area contributed by atoms with E-state index in [1.807, 2.05) is 30.3 Å². The molecule has 5 heteroatoms. The fourth-order valence-electron chi connectivity index (χ4n) is 2.02. The zero-order valence-corrected chi connectivity index (χ0v) is 13.2. The number of H-pyrrole nitrogens is 1. The number of fused-ring (bicyclic) bond motifs is 1. The number of aryl methyl sites for hydroxylation is 1. The molecule has 0 aliphatic rings. The average molecular weight is 319 g/mol. The molecule has 3 rings (SSSR count). The van der Waals surface area contributed by atoms with Crippen LogP contribution in [0.1, 0.15) is 5.56 Å². The molecule has 0 radical (unpaired) electrons. The number of aromatic amines is 1. The van der Waals surface area contributed by atoms with Gasteiger partial charge in [-0.05, 0) is 42.8 Å². The second-order valence-electron chi connectivity index (χ2n) is 4.72. The summed E-state index contributed by atoms with van der Waals surface area (Å²) in [6.45, 7) is 2.69. The zero-order chi connectivity index (χ0) is 14.7. The fourth-order valence-corrected chi connectivity index (χ4v) is 2.91. The van der Waals surface area contributed by atoms with E-state index >= 15 is 0 Å². The van der Waals surface area contributed by atoms with E-state index in [2.05, 4.69) is 29.0 Å². The Morgan fingerprint density at radius 3 is 3.00 bits per heavy atom. The lowest BCUT2D eigenvalue weighted by atomic mass is 10.2. The summed E-state index contributed by atoms with van der Waals surface area (Å²) in [5.74, 6) is 1.62. The molecule has 1 N–H and O–H groups in total. The topological polar surface area (TPSA) is 37.9 Å². The third-order valence-corrected chi connectivity index (χ3v) is 4.08. The maximum Gasteiger partial charge on any atom is 0.166 e. The van der Waals surface area contributed by atoms with Crippen LogP contribution in [0.4, 0.5) is 0 Å². The maximum absolute atomic E-state index is 5.91. The summed E-state index contributed by atoms with van der Waals surface area (Å²) in [5, 5.41) is 1.61. The molecular weight excluding hydrogens is 304 g/mol. The summed E-state index contributed by atoms with van der Waals surface area (Å²) >= 11 is 7.56. The van der Waals surface area contributed by atoms with Gasteiger partial charge in [0.15, 0.2) is 5.16 Å². The van der Waals surface area contributed by atoms with Crippen molar-refractivity contribution in [1.29, 1.82) is 0 Å². The van der Waals surface area contributed by atoms with Crippen molar-refractivity contribution < 1.29 is 4.74 Å². The number of benzene rings is 2. The van der Waals surface area contributed by atoms with Gasteiger partial charge in [-0.3, -0.25) is 0 Å². The monoisotopic (exact) mass is 318 g/mol. The fraction of sp³-hybridized carbons (Fsp3) is 0.188. The lowest BCUT2D eigenvalue weighted by molar-refractivity contribution is 0.344. The summed E-state index contributed by atoms with van der Waals surface area (Å²) < 4.78 is 5.65. The highest BCUT2D eigenvalue weighted by Crippen LogP contribution is 2.21. The SMILES string of the molecule is Cc1ccc2nc(SCCOc3cccc(Cl)c3)[nH]c2c1. The standard InChI is InChI=1S/C16H15ClN2OS/c1-11-5-6-14-15(9-11)19-16(18-14)21-8-7-20-13-4-2-3-12(17)10-13/h2-6,9-10H,7-8H2,1H3,(H,18,19). The summed E-state index contributed by atoms with van der Waals surface area (Å²) in [6, 6.07) is 13.6. The number of hydrogen-bond acceptors (Lipinski definition) is 3. The molecule has 2 aromatic carbocycles. The first-order valence-electron chi connectivity index (χ1n) is 6.68. The number of rotatable bonds is 5. The first-order valence-corrected chi connectivity index (χ1v) is 8.04. The summed E-state index contributed by atoms with van der Waals surface area (Å²) in [6.07, 6.45) is 0. The summed E-state index contributed by atoms with van der Waals surface area (Å²) in [5.41, 5.74) is 3.30. The molecule has 0 unspecified atom stereocenters. The van der Waals surface area contributed by atoms with Crippen LogP contribution in [0.2, 0.25) is 5.02 Å². The normalized spacial score (nSPS) is 11.0. The van der Waals surface area contributed by atoms with Crippen molar-refractivity contribution in [2.45, 2.75) is 12.1 Å². The molecule has 1 aromatic heterocycles. The van der Waals surface area contributed by atoms with Gasteiger partial charge in [0.25, 0.3) is 0 Å². The minimum absolute atomic E-state index is 0.612. The Hall–Kier alpha value is -1.65. The Morgan fingerprint density at radius 1 is 1.24 bits per heavy atom. The Labute approximate surface area is 132 Å². The summed E-state index contributed by atoms with van der Waals surface area (Å²) in [7, 11) is 0. The number of thioether (sulfide) groups is 1. The molecule has 0 atom stereocenters. The lowest BCUT2D eigenvalue weighted by Crippen LogP contribution is -2.00. The van der Waals surface area contributed by atoms with Crippen LogP contribution >= 0.6 is 23.4 Å². The largest absolute Gasteiger partial charge is 0.493 e. The second kappa shape index (κ2) is 6.41. The van der Waals surface area contributed by atoms with E-state index < -0.39 is 0 Å². The van der Waals surface area contributed by atoms with E-state index in [9.17, 15) is 0 Å². The molecule has 0 spiro atoms. The molecule has 0 bridgehead atoms. The molecular formula is C16H15ClN2OS. The van der Waals surface area contributed by atoms with Crippen molar-refractivity contribution in [2.75, 3.05) is 12.4 Å². The van der Waals surface area contributed by atoms with E-state index in [4.69, 9.17) is 16.3 Å². The molecule has 0 saturated carbocycles. The Kier molecular flexibility index (Phi) is 4.36. The first-order chi connectivity index (χ1) is 10.2. The van der Waals surface area contributed by atoms with E-state index in [0.717, 1.165) is 27.7 Å². The molecule has 0 aliphatic carbocycles. The van der Waals surface area contributed by atoms with Crippen LogP contribution in [-0.2, 0) is 0 Å². The third-order valence-electron chi connectivity index (χ3n) is 3.00. The lowest BCUT2D eigenvalue weighted by Gasteiger charge is -2.05. The van der Waals surface area contributed by atoms with Gasteiger partial charge < -0.3 is 9.72 Å². The number of nitrogens with zero attached hydrogens (tertiary/aromatic N) is 1. The number of ether oxygens (including phenoxy) is 1. The molecule has 21 heavy (non-hydrogen) atoms. The molecule has 0 saturated heterocycles. The van der Waals surface area contributed by atoms with Gasteiger partial charge in [0.05, 0.1) is 17.6 Å². The number of halogens is 1. The van der Waals surface area contributed by atoms with Gasteiger partial charge in [-0.15, -0.1) is 0 Å². The molecule has 1 heterocycles. The second-order valence-corrected chi connectivity index (χ2v) is 6.24. The quantitative estimate of drug-likeness (QED) is 0.547. The van der Waals surface area contributed by atoms with Crippen molar-refractivity contribution in [3.05, 3.63) is 53.1 Å². The van der Waals surface area contributed by atoms with Crippen molar-refractivity contribution >= 4 is 34.4 Å². The molecule has 0 aliphatic heterocycles. The molecule has 3 nitrogen and oxygen atoms in total. The van der Waals surface area contributed by atoms with Gasteiger partial charge >= 0.3 is 0 Å². The van der Waals surface area contributed by atoms with Crippen molar-refractivity contribution in [2.24, 2.45) is 0 Å². The van der Waals surface area contributed by atoms with Crippen LogP contribution in [0, 0.1) is 6.92 Å². The van der Waals surface area contributed by atoms with E-state index in [-0.39, 0.29) is 0 Å². The Morgan fingerprint density at radius 2 is 2.14 bits per heavy atom. The van der Waals surface area contributed by atoms with Crippen molar-refractivity contribution in [1.82, 2.24) is 9.97 Å². The Bertz CT molecular complexity index is 757. The van der Waals surface area contributed by atoms with E-state index in [1.165, 1.54) is 5.56 Å². The predicted molar refractivity (Wildman–Crippen MR) is 88.5 cm³/mol. The molecule has 0 amide bonds. The third kappa shape index (κ3) is 3.71. The molecule has 0 fully saturated rings. The van der Waals surface area contributed by atoms with Gasteiger partial charge in [-0.1, -0.05) is 35.5 Å². The van der Waals surface area contributed by atoms with Crippen molar-refractivity contribution in [3.8, 4) is 5.75 Å². The van der Waals surface area contributed by atoms with Gasteiger partial charge in [-0.2, -0.15) is 0 Å². The highest BCUT2D eigenvalue weighted by atomic mass is 35.5. The van der Waals surface area contributed by atoms with Gasteiger partial charge in [0.2, 0.25) is 0 Å². The van der Waals surface area contributed by atoms with E-state index in [1.54, 1.807) is 11.8 Å². The van der Waals surface area contributed by atoms with Gasteiger partial charge in [-0.25, -0.2) is 4.98 Å². The minimum Gasteiger partial charge on any atom is -0.493 e. The van der Waals surface area contributed by atoms with Gasteiger partial charge in [0.1, 0.15) is 5.75 Å². The van der Waals surface area contributed by atoms with Crippen LogP contribution in [0.25, 0.3) is 11.0 Å². The van der Waals surface area contributed by atoms with Gasteiger partial charge in [0, 0.05) is 10.8 Å². The maximum atomic E-state index is 5.91. The smallest absolute Gasteiger partial charge is 0.166 e. The number of imidazole rings is 1. The summed E-state index contributed by atoms with van der Waals surface area (Å²) in [4.78, 5) is 7.86. The zero-order valence-electron chi connectivity index (χ0n) is 11.6. The number of hydrogen-bond donors (Lipinski definition) is 1. The Balaban J connectivity index is 1.54. The first kappa shape index (κ1) is 14.3. The van der Waals surface area contributed by atoms with Crippen LogP contribution in [-0.4, -0.2) is 22.3 Å². The number of aromatic nitrogens is 2. The van der Waals surface area contributed by atoms with Crippen LogP contribution in [0.5, 0.6) is 5.75 Å². The molecule has 108 valence electrons. The van der Waals surface area contributed by atoms with E-state index in [0.29, 0.717) is 11.6 Å². The van der Waals surface area contributed by atoms with Crippen LogP contribution in [0.3, 0.4) is 0 Å². The molecule has 3 aromatic rings. The van der Waals surface area contributed by atoms with Crippen molar-refractivity contribution in [3.63, 3.8) is 0 Å². The predicted octanol–water partition coefficient (Wildman–Crippen LogP) is 4.70. The average Bonchev–Trinajstić information content (AvgIpc) is 2.85. The highest BCUT2D eigenvalue weighted by molar-refractivity contribution is 7.99. The highest BCUT2D eigenvalue weighted by Gasteiger charge is 2.03. The van der Waals surface area contributed by atoms with Crippen LogP contribution in [0.15, 0.2) is 47.6 Å².